The predicted octanol–water partition coefficient (Wildman–Crippen LogP) is 2.12. The van der Waals surface area contributed by atoms with Gasteiger partial charge in [-0.2, -0.15) is 0 Å². The maximum Gasteiger partial charge on any atom is 0.191 e. The number of likely N-dealkylation sites (N-methyl/N-ethyl adjacent to an activating group) is 1. The van der Waals surface area contributed by atoms with Crippen molar-refractivity contribution in [2.24, 2.45) is 10.9 Å². The zero-order valence-corrected chi connectivity index (χ0v) is 17.0. The first kappa shape index (κ1) is 21.7. The molecule has 6 heteroatoms. The van der Waals surface area contributed by atoms with E-state index in [1.165, 1.54) is 5.56 Å². The fourth-order valence-electron chi connectivity index (χ4n) is 3.00. The predicted molar refractivity (Wildman–Crippen MR) is 111 cm³/mol. The van der Waals surface area contributed by atoms with E-state index in [-0.39, 0.29) is 0 Å². The number of hydrogen-bond acceptors (Lipinski definition) is 4. The van der Waals surface area contributed by atoms with Crippen molar-refractivity contribution in [1.82, 2.24) is 15.5 Å². The number of guanidine groups is 1. The van der Waals surface area contributed by atoms with E-state index >= 15 is 0 Å². The lowest BCUT2D eigenvalue weighted by Gasteiger charge is -2.18. The van der Waals surface area contributed by atoms with Gasteiger partial charge in [-0.05, 0) is 32.4 Å². The highest BCUT2D eigenvalue weighted by Crippen LogP contribution is 2.12. The Morgan fingerprint density at radius 2 is 2.15 bits per heavy atom. The van der Waals surface area contributed by atoms with Crippen LogP contribution in [-0.2, 0) is 16.0 Å². The number of nitrogens with one attached hydrogen (secondary N) is 2. The summed E-state index contributed by atoms with van der Waals surface area (Å²) >= 11 is 0. The third-order valence-electron chi connectivity index (χ3n) is 4.52. The molecule has 2 rings (SSSR count). The lowest BCUT2D eigenvalue weighted by Crippen LogP contribution is -2.41. The second-order valence-corrected chi connectivity index (χ2v) is 7.07. The topological polar surface area (TPSA) is 58.1 Å². The highest BCUT2D eigenvalue weighted by molar-refractivity contribution is 5.79. The van der Waals surface area contributed by atoms with Gasteiger partial charge in [0.05, 0.1) is 13.2 Å². The second kappa shape index (κ2) is 13.5. The summed E-state index contributed by atoms with van der Waals surface area (Å²) in [4.78, 5) is 6.95. The number of rotatable bonds is 12. The summed E-state index contributed by atoms with van der Waals surface area (Å²) in [5.41, 5.74) is 1.34. The second-order valence-electron chi connectivity index (χ2n) is 7.07. The van der Waals surface area contributed by atoms with Crippen LogP contribution in [0.4, 0.5) is 0 Å². The molecule has 2 N–H and O–H groups in total. The zero-order valence-electron chi connectivity index (χ0n) is 17.0. The van der Waals surface area contributed by atoms with E-state index in [9.17, 15) is 0 Å². The van der Waals surface area contributed by atoms with E-state index in [1.54, 1.807) is 0 Å². The Kier molecular flexibility index (Phi) is 10.9. The molecule has 0 aliphatic carbocycles. The Bertz CT molecular complexity index is 518. The smallest absolute Gasteiger partial charge is 0.191 e. The van der Waals surface area contributed by atoms with Gasteiger partial charge in [0.25, 0.3) is 0 Å². The highest BCUT2D eigenvalue weighted by atomic mass is 16.5. The molecule has 0 spiro atoms. The fourth-order valence-corrected chi connectivity index (χ4v) is 3.00. The summed E-state index contributed by atoms with van der Waals surface area (Å²) in [5, 5.41) is 6.72. The Hall–Kier alpha value is -1.63. The van der Waals surface area contributed by atoms with Crippen LogP contribution in [0.1, 0.15) is 25.3 Å². The minimum Gasteiger partial charge on any atom is -0.381 e. The molecule has 0 aromatic heterocycles. The number of nitrogens with zero attached hydrogens (tertiary/aromatic N) is 2. The molecule has 0 saturated carbocycles. The summed E-state index contributed by atoms with van der Waals surface area (Å²) < 4.78 is 11.1. The minimum absolute atomic E-state index is 0.584. The maximum atomic E-state index is 5.73. The van der Waals surface area contributed by atoms with Gasteiger partial charge >= 0.3 is 0 Å². The largest absolute Gasteiger partial charge is 0.381 e. The van der Waals surface area contributed by atoms with Gasteiger partial charge in [0.1, 0.15) is 0 Å². The van der Waals surface area contributed by atoms with E-state index < -0.39 is 0 Å². The molecule has 6 nitrogen and oxygen atoms in total. The molecule has 1 atom stereocenters. The van der Waals surface area contributed by atoms with Crippen LogP contribution >= 0.6 is 0 Å². The molecule has 1 aromatic carbocycles. The van der Waals surface area contributed by atoms with Crippen molar-refractivity contribution >= 4 is 5.96 Å². The van der Waals surface area contributed by atoms with Crippen molar-refractivity contribution in [3.05, 3.63) is 35.9 Å². The van der Waals surface area contributed by atoms with E-state index in [1.807, 2.05) is 0 Å². The molecule has 1 unspecified atom stereocenters. The molecule has 1 heterocycles. The summed E-state index contributed by atoms with van der Waals surface area (Å²) in [6.07, 6.45) is 2.07. The first-order chi connectivity index (χ1) is 13.3. The third-order valence-corrected chi connectivity index (χ3v) is 4.52. The van der Waals surface area contributed by atoms with E-state index in [0.29, 0.717) is 5.92 Å². The summed E-state index contributed by atoms with van der Waals surface area (Å²) in [6, 6.07) is 10.6. The van der Waals surface area contributed by atoms with Gasteiger partial charge < -0.3 is 25.0 Å². The monoisotopic (exact) mass is 376 g/mol. The van der Waals surface area contributed by atoms with E-state index in [2.05, 4.69) is 64.8 Å². The van der Waals surface area contributed by atoms with Gasteiger partial charge in [-0.3, -0.25) is 4.99 Å². The summed E-state index contributed by atoms with van der Waals surface area (Å²) in [6.45, 7) is 9.83. The van der Waals surface area contributed by atoms with Gasteiger partial charge in [-0.15, -0.1) is 0 Å². The van der Waals surface area contributed by atoms with Gasteiger partial charge in [0, 0.05) is 51.9 Å². The third kappa shape index (κ3) is 9.75. The molecule has 0 radical (unpaired) electrons. The first-order valence-electron chi connectivity index (χ1n) is 10.2. The average molecular weight is 377 g/mol. The quantitative estimate of drug-likeness (QED) is 0.332. The normalized spacial score (nSPS) is 17.4. The number of aliphatic imine (C=N–C) groups is 1. The van der Waals surface area contributed by atoms with Gasteiger partial charge in [0.2, 0.25) is 0 Å². The van der Waals surface area contributed by atoms with Crippen LogP contribution in [0.25, 0.3) is 0 Å². The maximum absolute atomic E-state index is 5.73. The lowest BCUT2D eigenvalue weighted by molar-refractivity contribution is 0.0893. The SMILES string of the molecule is CCNC(=NCCCOCC1CCOC1)NCCN(C)Cc1ccccc1. The summed E-state index contributed by atoms with van der Waals surface area (Å²) in [7, 11) is 2.14. The molecule has 0 bridgehead atoms. The number of hydrogen-bond donors (Lipinski definition) is 2. The highest BCUT2D eigenvalue weighted by Gasteiger charge is 2.15. The van der Waals surface area contributed by atoms with Crippen LogP contribution in [0, 0.1) is 5.92 Å². The van der Waals surface area contributed by atoms with Crippen molar-refractivity contribution in [2.75, 3.05) is 59.7 Å². The van der Waals surface area contributed by atoms with Gasteiger partial charge in [0.15, 0.2) is 5.96 Å². The fraction of sp³-hybridized carbons (Fsp3) is 0.667. The minimum atomic E-state index is 0.584. The summed E-state index contributed by atoms with van der Waals surface area (Å²) in [5.74, 6) is 1.47. The molecule has 1 fully saturated rings. The van der Waals surface area contributed by atoms with Crippen molar-refractivity contribution in [3.63, 3.8) is 0 Å². The molecule has 1 aliphatic heterocycles. The molecule has 1 aromatic rings. The average Bonchev–Trinajstić information content (AvgIpc) is 3.18. The van der Waals surface area contributed by atoms with Crippen LogP contribution in [0.15, 0.2) is 35.3 Å². The zero-order chi connectivity index (χ0) is 19.2. The molecular formula is C21H36N4O2. The molecule has 1 aliphatic rings. The number of benzene rings is 1. The van der Waals surface area contributed by atoms with E-state index in [4.69, 9.17) is 9.47 Å². The molecule has 1 saturated heterocycles. The Balaban J connectivity index is 1.56. The molecular weight excluding hydrogens is 340 g/mol. The van der Waals surface area contributed by atoms with Gasteiger partial charge in [-0.1, -0.05) is 30.3 Å². The standard InChI is InChI=1S/C21H36N4O2/c1-3-22-21(23-11-7-14-26-17-20-10-15-27-18-20)24-12-13-25(2)16-19-8-5-4-6-9-19/h4-6,8-9,20H,3,7,10-18H2,1-2H3,(H2,22,23,24). The molecule has 0 amide bonds. The van der Waals surface area contributed by atoms with Crippen molar-refractivity contribution in [3.8, 4) is 0 Å². The first-order valence-corrected chi connectivity index (χ1v) is 10.2. The van der Waals surface area contributed by atoms with E-state index in [0.717, 1.165) is 78.0 Å². The molecule has 27 heavy (non-hydrogen) atoms. The van der Waals surface area contributed by atoms with Crippen molar-refractivity contribution in [1.29, 1.82) is 0 Å². The van der Waals surface area contributed by atoms with Crippen LogP contribution in [0.2, 0.25) is 0 Å². The van der Waals surface area contributed by atoms with Crippen LogP contribution in [-0.4, -0.2) is 70.5 Å². The Morgan fingerprint density at radius 3 is 2.89 bits per heavy atom. The van der Waals surface area contributed by atoms with Crippen LogP contribution in [0.3, 0.4) is 0 Å². The van der Waals surface area contributed by atoms with Crippen LogP contribution < -0.4 is 10.6 Å². The van der Waals surface area contributed by atoms with Gasteiger partial charge in [-0.25, -0.2) is 0 Å². The van der Waals surface area contributed by atoms with Crippen LogP contribution in [0.5, 0.6) is 0 Å². The number of ether oxygens (including phenoxy) is 2. The Labute approximate surface area is 164 Å². The molecule has 152 valence electrons. The van der Waals surface area contributed by atoms with Crippen molar-refractivity contribution in [2.45, 2.75) is 26.3 Å². The Morgan fingerprint density at radius 1 is 1.30 bits per heavy atom. The van der Waals surface area contributed by atoms with Crippen molar-refractivity contribution < 1.29 is 9.47 Å². The lowest BCUT2D eigenvalue weighted by atomic mass is 10.1.